The van der Waals surface area contributed by atoms with E-state index in [4.69, 9.17) is 4.74 Å². The van der Waals surface area contributed by atoms with E-state index in [2.05, 4.69) is 4.98 Å². The monoisotopic (exact) mass is 359 g/mol. The van der Waals surface area contributed by atoms with Crippen LogP contribution in [0.1, 0.15) is 58.2 Å². The van der Waals surface area contributed by atoms with Crippen molar-refractivity contribution in [1.29, 1.82) is 0 Å². The fourth-order valence-electron chi connectivity index (χ4n) is 3.86. The summed E-state index contributed by atoms with van der Waals surface area (Å²) < 4.78 is 7.77. The Morgan fingerprint density at radius 2 is 2.08 bits per heavy atom. The van der Waals surface area contributed by atoms with Crippen LogP contribution in [0.5, 0.6) is 0 Å². The molecule has 0 spiro atoms. The Hall–Kier alpha value is -2.11. The summed E-state index contributed by atoms with van der Waals surface area (Å²) >= 11 is 0. The first-order valence-corrected chi connectivity index (χ1v) is 9.53. The van der Waals surface area contributed by atoms with E-state index < -0.39 is 5.60 Å². The summed E-state index contributed by atoms with van der Waals surface area (Å²) in [6.45, 7) is 4.79. The van der Waals surface area contributed by atoms with E-state index in [1.54, 1.807) is 11.1 Å². The normalized spacial score (nSPS) is 20.4. The molecule has 1 fully saturated rings. The Kier molecular flexibility index (Phi) is 5.49. The van der Waals surface area contributed by atoms with Gasteiger partial charge < -0.3 is 14.2 Å². The number of ketones is 1. The van der Waals surface area contributed by atoms with Crippen LogP contribution in [0.3, 0.4) is 0 Å². The van der Waals surface area contributed by atoms with Gasteiger partial charge in [-0.1, -0.05) is 19.3 Å². The van der Waals surface area contributed by atoms with Gasteiger partial charge in [-0.15, -0.1) is 0 Å². The summed E-state index contributed by atoms with van der Waals surface area (Å²) in [5.41, 5.74) is -0.642. The molecule has 1 aliphatic heterocycles. The average molecular weight is 359 g/mol. The SMILES string of the molecule is Cn1ccnc1CN(CC1CCCCC1)C(=O)C1=CC(=O)CC(C)(C)O1. The van der Waals surface area contributed by atoms with E-state index in [1.165, 1.54) is 25.3 Å². The van der Waals surface area contributed by atoms with Crippen LogP contribution in [0.4, 0.5) is 0 Å². The molecule has 0 atom stereocenters. The molecule has 0 bridgehead atoms. The van der Waals surface area contributed by atoms with Gasteiger partial charge in [-0.3, -0.25) is 9.59 Å². The lowest BCUT2D eigenvalue weighted by Gasteiger charge is -2.34. The highest BCUT2D eigenvalue weighted by Gasteiger charge is 2.34. The Bertz CT molecular complexity index is 699. The number of allylic oxidation sites excluding steroid dienone is 1. The summed E-state index contributed by atoms with van der Waals surface area (Å²) in [4.78, 5) is 31.4. The van der Waals surface area contributed by atoms with Crippen molar-refractivity contribution >= 4 is 11.7 Å². The first-order valence-electron chi connectivity index (χ1n) is 9.53. The summed E-state index contributed by atoms with van der Waals surface area (Å²) in [5, 5.41) is 0. The van der Waals surface area contributed by atoms with E-state index >= 15 is 0 Å². The van der Waals surface area contributed by atoms with E-state index in [-0.39, 0.29) is 17.4 Å². The number of aryl methyl sites for hydroxylation is 1. The lowest BCUT2D eigenvalue weighted by Crippen LogP contribution is -2.41. The average Bonchev–Trinajstić information content (AvgIpc) is 2.97. The van der Waals surface area contributed by atoms with Gasteiger partial charge in [0.15, 0.2) is 11.5 Å². The first kappa shape index (κ1) is 18.7. The van der Waals surface area contributed by atoms with Gasteiger partial charge in [0, 0.05) is 38.5 Å². The lowest BCUT2D eigenvalue weighted by atomic mass is 9.89. The van der Waals surface area contributed by atoms with Crippen molar-refractivity contribution in [3.8, 4) is 0 Å². The molecule has 1 aromatic rings. The van der Waals surface area contributed by atoms with Gasteiger partial charge in [-0.2, -0.15) is 0 Å². The van der Waals surface area contributed by atoms with Crippen LogP contribution in [0, 0.1) is 5.92 Å². The number of amides is 1. The number of hydrogen-bond acceptors (Lipinski definition) is 4. The number of rotatable bonds is 5. The zero-order valence-electron chi connectivity index (χ0n) is 16.0. The maximum atomic E-state index is 13.2. The van der Waals surface area contributed by atoms with Crippen molar-refractivity contribution in [3.05, 3.63) is 30.1 Å². The highest BCUT2D eigenvalue weighted by molar-refractivity contribution is 6.01. The molecule has 142 valence electrons. The summed E-state index contributed by atoms with van der Waals surface area (Å²) in [7, 11) is 1.93. The topological polar surface area (TPSA) is 64.4 Å². The summed E-state index contributed by atoms with van der Waals surface area (Å²) in [5.74, 6) is 1.23. The van der Waals surface area contributed by atoms with Gasteiger partial charge in [0.2, 0.25) is 0 Å². The maximum Gasteiger partial charge on any atom is 0.289 e. The lowest BCUT2D eigenvalue weighted by molar-refractivity contribution is -0.139. The molecule has 1 saturated carbocycles. The summed E-state index contributed by atoms with van der Waals surface area (Å²) in [6, 6.07) is 0. The van der Waals surface area contributed by atoms with Crippen LogP contribution in [0.15, 0.2) is 24.2 Å². The third-order valence-corrected chi connectivity index (χ3v) is 5.23. The molecule has 0 saturated heterocycles. The smallest absolute Gasteiger partial charge is 0.289 e. The van der Waals surface area contributed by atoms with Gasteiger partial charge in [-0.05, 0) is 32.6 Å². The molecule has 1 aliphatic carbocycles. The van der Waals surface area contributed by atoms with Crippen molar-refractivity contribution in [2.75, 3.05) is 6.54 Å². The molecule has 26 heavy (non-hydrogen) atoms. The first-order chi connectivity index (χ1) is 12.3. The van der Waals surface area contributed by atoms with E-state index in [0.717, 1.165) is 18.7 Å². The molecule has 0 unspecified atom stereocenters. The van der Waals surface area contributed by atoms with Crippen LogP contribution < -0.4 is 0 Å². The highest BCUT2D eigenvalue weighted by Crippen LogP contribution is 2.28. The van der Waals surface area contributed by atoms with Crippen molar-refractivity contribution in [3.63, 3.8) is 0 Å². The summed E-state index contributed by atoms with van der Waals surface area (Å²) in [6.07, 6.45) is 11.3. The van der Waals surface area contributed by atoms with Crippen molar-refractivity contribution in [2.24, 2.45) is 13.0 Å². The molecule has 6 heteroatoms. The molecule has 3 rings (SSSR count). The van der Waals surface area contributed by atoms with Crippen molar-refractivity contribution in [2.45, 2.75) is 64.5 Å². The Morgan fingerprint density at radius 3 is 2.69 bits per heavy atom. The number of nitrogens with zero attached hydrogens (tertiary/aromatic N) is 3. The molecule has 2 heterocycles. The molecule has 0 N–H and O–H groups in total. The number of ether oxygens (including phenoxy) is 1. The van der Waals surface area contributed by atoms with Gasteiger partial charge in [0.05, 0.1) is 6.54 Å². The predicted molar refractivity (Wildman–Crippen MR) is 98.1 cm³/mol. The number of carbonyl (C=O) groups is 2. The minimum atomic E-state index is -0.642. The number of aromatic nitrogens is 2. The maximum absolute atomic E-state index is 13.2. The number of hydrogen-bond donors (Lipinski definition) is 0. The largest absolute Gasteiger partial charge is 0.481 e. The van der Waals surface area contributed by atoms with E-state index in [0.29, 0.717) is 25.4 Å². The second kappa shape index (κ2) is 7.64. The quantitative estimate of drug-likeness (QED) is 0.811. The van der Waals surface area contributed by atoms with E-state index in [9.17, 15) is 9.59 Å². The fraction of sp³-hybridized carbons (Fsp3) is 0.650. The highest BCUT2D eigenvalue weighted by atomic mass is 16.5. The molecular weight excluding hydrogens is 330 g/mol. The molecule has 1 amide bonds. The Morgan fingerprint density at radius 1 is 1.35 bits per heavy atom. The van der Waals surface area contributed by atoms with Gasteiger partial charge in [0.1, 0.15) is 11.4 Å². The molecule has 6 nitrogen and oxygen atoms in total. The second-order valence-corrected chi connectivity index (χ2v) is 8.16. The van der Waals surface area contributed by atoms with Gasteiger partial charge in [-0.25, -0.2) is 4.98 Å². The minimum Gasteiger partial charge on any atom is -0.481 e. The van der Waals surface area contributed by atoms with Crippen LogP contribution >= 0.6 is 0 Å². The Balaban J connectivity index is 1.80. The molecule has 2 aliphatic rings. The van der Waals surface area contributed by atoms with Crippen LogP contribution in [-0.4, -0.2) is 38.3 Å². The van der Waals surface area contributed by atoms with Crippen LogP contribution in [-0.2, 0) is 27.9 Å². The second-order valence-electron chi connectivity index (χ2n) is 8.16. The number of imidazole rings is 1. The van der Waals surface area contributed by atoms with Crippen LogP contribution in [0.2, 0.25) is 0 Å². The fourth-order valence-corrected chi connectivity index (χ4v) is 3.86. The zero-order chi connectivity index (χ0) is 18.7. The minimum absolute atomic E-state index is 0.0563. The standard InChI is InChI=1S/C20H29N3O3/c1-20(2)12-16(24)11-17(26-20)19(25)23(13-15-7-5-4-6-8-15)14-18-21-9-10-22(18)3/h9-11,15H,4-8,12-14H2,1-3H3. The predicted octanol–water partition coefficient (Wildman–Crippen LogP) is 2.98. The van der Waals surface area contributed by atoms with Gasteiger partial charge in [0.25, 0.3) is 5.91 Å². The van der Waals surface area contributed by atoms with Crippen molar-refractivity contribution < 1.29 is 14.3 Å². The third kappa shape index (κ3) is 4.54. The molecular formula is C20H29N3O3. The van der Waals surface area contributed by atoms with E-state index in [1.807, 2.05) is 31.7 Å². The third-order valence-electron chi connectivity index (χ3n) is 5.23. The molecule has 0 aromatic carbocycles. The van der Waals surface area contributed by atoms with Crippen molar-refractivity contribution in [1.82, 2.24) is 14.5 Å². The zero-order valence-corrected chi connectivity index (χ0v) is 16.0. The Labute approximate surface area is 155 Å². The number of carbonyl (C=O) groups excluding carboxylic acids is 2. The molecule has 0 radical (unpaired) electrons. The van der Waals surface area contributed by atoms with Gasteiger partial charge >= 0.3 is 0 Å². The molecule has 1 aromatic heterocycles. The van der Waals surface area contributed by atoms with Crippen LogP contribution in [0.25, 0.3) is 0 Å².